The minimum absolute atomic E-state index is 0.264. The van der Waals surface area contributed by atoms with Crippen molar-refractivity contribution in [1.29, 1.82) is 0 Å². The zero-order valence-corrected chi connectivity index (χ0v) is 10.7. The lowest BCUT2D eigenvalue weighted by molar-refractivity contribution is 0.555. The van der Waals surface area contributed by atoms with Gasteiger partial charge in [0.1, 0.15) is 5.82 Å². The van der Waals surface area contributed by atoms with Crippen LogP contribution < -0.4 is 0 Å². The molecule has 0 unspecified atom stereocenters. The van der Waals surface area contributed by atoms with Crippen LogP contribution in [-0.2, 0) is 10.3 Å². The predicted octanol–water partition coefficient (Wildman–Crippen LogP) is 3.53. The SMILES string of the molecule is Cc1c(F)cc(C2(N=C=O)CC2)c(C)c1Br. The van der Waals surface area contributed by atoms with Gasteiger partial charge in [0.25, 0.3) is 0 Å². The Morgan fingerprint density at radius 1 is 1.44 bits per heavy atom. The van der Waals surface area contributed by atoms with Gasteiger partial charge in [-0.15, -0.1) is 0 Å². The molecule has 0 aliphatic heterocycles. The Bertz CT molecular complexity index is 502. The quantitative estimate of drug-likeness (QED) is 0.603. The Balaban J connectivity index is 2.63. The zero-order valence-electron chi connectivity index (χ0n) is 9.10. The second-order valence-electron chi connectivity index (χ2n) is 4.20. The maximum absolute atomic E-state index is 13.6. The minimum Gasteiger partial charge on any atom is -0.211 e. The number of rotatable bonds is 2. The van der Waals surface area contributed by atoms with E-state index in [9.17, 15) is 9.18 Å². The summed E-state index contributed by atoms with van der Waals surface area (Å²) in [5.41, 5.74) is 1.83. The number of benzene rings is 1. The monoisotopic (exact) mass is 283 g/mol. The van der Waals surface area contributed by atoms with E-state index in [1.54, 1.807) is 13.0 Å². The molecular weight excluding hydrogens is 273 g/mol. The van der Waals surface area contributed by atoms with Crippen molar-refractivity contribution in [3.63, 3.8) is 0 Å². The maximum atomic E-state index is 13.6. The van der Waals surface area contributed by atoms with Gasteiger partial charge in [-0.05, 0) is 49.4 Å². The van der Waals surface area contributed by atoms with Gasteiger partial charge in [0.15, 0.2) is 0 Å². The topological polar surface area (TPSA) is 29.4 Å². The molecule has 84 valence electrons. The van der Waals surface area contributed by atoms with E-state index in [-0.39, 0.29) is 5.82 Å². The number of nitrogens with zero attached hydrogens (tertiary/aromatic N) is 1. The second-order valence-corrected chi connectivity index (χ2v) is 5.00. The highest BCUT2D eigenvalue weighted by molar-refractivity contribution is 9.10. The van der Waals surface area contributed by atoms with Crippen LogP contribution in [0, 0.1) is 19.7 Å². The van der Waals surface area contributed by atoms with Gasteiger partial charge < -0.3 is 0 Å². The molecule has 16 heavy (non-hydrogen) atoms. The highest BCUT2D eigenvalue weighted by Gasteiger charge is 2.46. The smallest absolute Gasteiger partial charge is 0.211 e. The first-order valence-electron chi connectivity index (χ1n) is 5.06. The Hall–Kier alpha value is -0.990. The molecule has 2 nitrogen and oxygen atoms in total. The number of hydrogen-bond donors (Lipinski definition) is 0. The second kappa shape index (κ2) is 3.79. The molecule has 2 rings (SSSR count). The molecule has 0 aromatic heterocycles. The van der Waals surface area contributed by atoms with Crippen LogP contribution in [0.1, 0.15) is 29.5 Å². The van der Waals surface area contributed by atoms with Crippen molar-refractivity contribution < 1.29 is 9.18 Å². The summed E-state index contributed by atoms with van der Waals surface area (Å²) in [7, 11) is 0. The number of hydrogen-bond acceptors (Lipinski definition) is 2. The summed E-state index contributed by atoms with van der Waals surface area (Å²) in [6.45, 7) is 3.63. The number of isocyanates is 1. The van der Waals surface area contributed by atoms with E-state index in [2.05, 4.69) is 20.9 Å². The first kappa shape index (κ1) is 11.5. The zero-order chi connectivity index (χ0) is 11.9. The summed E-state index contributed by atoms with van der Waals surface area (Å²) in [5.74, 6) is -0.264. The third kappa shape index (κ3) is 1.62. The lowest BCUT2D eigenvalue weighted by atomic mass is 9.97. The molecule has 1 aromatic rings. The molecule has 1 aliphatic carbocycles. The van der Waals surface area contributed by atoms with Crippen LogP contribution in [0.25, 0.3) is 0 Å². The summed E-state index contributed by atoms with van der Waals surface area (Å²) in [6.07, 6.45) is 3.17. The van der Waals surface area contributed by atoms with E-state index in [1.165, 1.54) is 6.07 Å². The lowest BCUT2D eigenvalue weighted by Gasteiger charge is -2.15. The van der Waals surface area contributed by atoms with Crippen LogP contribution in [0.5, 0.6) is 0 Å². The third-order valence-electron chi connectivity index (χ3n) is 3.18. The minimum atomic E-state index is -0.511. The molecular formula is C12H11BrFNO. The molecule has 0 N–H and O–H groups in total. The van der Waals surface area contributed by atoms with Crippen molar-refractivity contribution in [2.75, 3.05) is 0 Å². The Labute approximate surface area is 102 Å². The van der Waals surface area contributed by atoms with Crippen molar-refractivity contribution in [3.05, 3.63) is 33.0 Å². The molecule has 1 fully saturated rings. The molecule has 0 spiro atoms. The van der Waals surface area contributed by atoms with Crippen molar-refractivity contribution in [2.24, 2.45) is 4.99 Å². The van der Waals surface area contributed by atoms with Gasteiger partial charge in [-0.25, -0.2) is 9.18 Å². The summed E-state index contributed by atoms with van der Waals surface area (Å²) in [6, 6.07) is 1.49. The molecule has 0 saturated heterocycles. The van der Waals surface area contributed by atoms with Crippen molar-refractivity contribution >= 4 is 22.0 Å². The van der Waals surface area contributed by atoms with E-state index >= 15 is 0 Å². The number of halogens is 2. The third-order valence-corrected chi connectivity index (χ3v) is 4.37. The van der Waals surface area contributed by atoms with Crippen LogP contribution in [-0.4, -0.2) is 6.08 Å². The molecule has 1 aromatic carbocycles. The van der Waals surface area contributed by atoms with Crippen LogP contribution in [0.2, 0.25) is 0 Å². The molecule has 0 radical (unpaired) electrons. The first-order valence-corrected chi connectivity index (χ1v) is 5.86. The standard InChI is InChI=1S/C12H11BrFNO/c1-7-9(12(3-4-12)15-6-16)5-10(14)8(2)11(7)13/h5H,3-4H2,1-2H3. The maximum Gasteiger partial charge on any atom is 0.235 e. The van der Waals surface area contributed by atoms with Crippen molar-refractivity contribution in [2.45, 2.75) is 32.2 Å². The Morgan fingerprint density at radius 3 is 2.56 bits per heavy atom. The molecule has 1 aliphatic rings. The molecule has 0 atom stereocenters. The van der Waals surface area contributed by atoms with Gasteiger partial charge in [0, 0.05) is 4.47 Å². The van der Waals surface area contributed by atoms with Crippen molar-refractivity contribution in [3.8, 4) is 0 Å². The van der Waals surface area contributed by atoms with E-state index in [0.29, 0.717) is 5.56 Å². The van der Waals surface area contributed by atoms with Gasteiger partial charge in [0.2, 0.25) is 6.08 Å². The lowest BCUT2D eigenvalue weighted by Crippen LogP contribution is -2.07. The van der Waals surface area contributed by atoms with Crippen LogP contribution in [0.4, 0.5) is 4.39 Å². The normalized spacial score (nSPS) is 16.8. The summed E-state index contributed by atoms with van der Waals surface area (Å²) in [4.78, 5) is 14.2. The average molecular weight is 284 g/mol. The number of aliphatic imine (C=N–C) groups is 1. The fraction of sp³-hybridized carbons (Fsp3) is 0.417. The van der Waals surface area contributed by atoms with E-state index in [1.807, 2.05) is 6.92 Å². The van der Waals surface area contributed by atoms with E-state index in [0.717, 1.165) is 28.4 Å². The van der Waals surface area contributed by atoms with E-state index in [4.69, 9.17) is 0 Å². The largest absolute Gasteiger partial charge is 0.235 e. The molecule has 0 heterocycles. The van der Waals surface area contributed by atoms with Crippen LogP contribution in [0.3, 0.4) is 0 Å². The molecule has 4 heteroatoms. The Morgan fingerprint density at radius 2 is 2.06 bits per heavy atom. The fourth-order valence-corrected chi connectivity index (χ4v) is 2.38. The Kier molecular flexibility index (Phi) is 2.72. The van der Waals surface area contributed by atoms with Gasteiger partial charge in [-0.3, -0.25) is 0 Å². The van der Waals surface area contributed by atoms with Gasteiger partial charge >= 0.3 is 0 Å². The van der Waals surface area contributed by atoms with Crippen LogP contribution >= 0.6 is 15.9 Å². The highest BCUT2D eigenvalue weighted by Crippen LogP contribution is 2.51. The van der Waals surface area contributed by atoms with Crippen molar-refractivity contribution in [1.82, 2.24) is 0 Å². The average Bonchev–Trinajstić information content (AvgIpc) is 3.02. The van der Waals surface area contributed by atoms with Gasteiger partial charge in [-0.1, -0.05) is 15.9 Å². The van der Waals surface area contributed by atoms with E-state index < -0.39 is 5.54 Å². The summed E-state index contributed by atoms with van der Waals surface area (Å²) in [5, 5.41) is 0. The summed E-state index contributed by atoms with van der Waals surface area (Å²) >= 11 is 3.37. The highest BCUT2D eigenvalue weighted by atomic mass is 79.9. The van der Waals surface area contributed by atoms with Gasteiger partial charge in [0.05, 0.1) is 5.54 Å². The first-order chi connectivity index (χ1) is 7.52. The summed E-state index contributed by atoms with van der Waals surface area (Å²) < 4.78 is 14.4. The van der Waals surface area contributed by atoms with Gasteiger partial charge in [-0.2, -0.15) is 4.99 Å². The fourth-order valence-electron chi connectivity index (χ4n) is 1.98. The van der Waals surface area contributed by atoms with Crippen LogP contribution in [0.15, 0.2) is 15.5 Å². The molecule has 0 bridgehead atoms. The predicted molar refractivity (Wildman–Crippen MR) is 62.6 cm³/mol. The molecule has 1 saturated carbocycles. The number of carbonyl (C=O) groups excluding carboxylic acids is 1. The molecule has 0 amide bonds.